The minimum atomic E-state index is -0.873. The van der Waals surface area contributed by atoms with Crippen molar-refractivity contribution in [3.05, 3.63) is 41.5 Å². The van der Waals surface area contributed by atoms with E-state index in [2.05, 4.69) is 19.1 Å². The van der Waals surface area contributed by atoms with Gasteiger partial charge in [0, 0.05) is 6.61 Å². The van der Waals surface area contributed by atoms with Crippen LogP contribution in [0.15, 0.2) is 24.3 Å². The van der Waals surface area contributed by atoms with Gasteiger partial charge in [0.05, 0.1) is 12.7 Å². The Hall–Kier alpha value is -1.42. The summed E-state index contributed by atoms with van der Waals surface area (Å²) >= 11 is 0. The first-order valence-corrected chi connectivity index (χ1v) is 12.0. The van der Waals surface area contributed by atoms with Crippen molar-refractivity contribution in [2.45, 2.75) is 84.2 Å². The van der Waals surface area contributed by atoms with Crippen molar-refractivity contribution in [2.75, 3.05) is 13.2 Å². The maximum absolute atomic E-state index is 14.2. The third-order valence-corrected chi connectivity index (χ3v) is 6.86. The largest absolute Gasteiger partial charge is 0.491 e. The highest BCUT2D eigenvalue weighted by Crippen LogP contribution is 2.37. The molecule has 30 heavy (non-hydrogen) atoms. The van der Waals surface area contributed by atoms with Gasteiger partial charge >= 0.3 is 0 Å². The van der Waals surface area contributed by atoms with Gasteiger partial charge in [-0.1, -0.05) is 31.6 Å². The van der Waals surface area contributed by atoms with E-state index in [9.17, 15) is 8.78 Å². The molecule has 1 aliphatic carbocycles. The van der Waals surface area contributed by atoms with Crippen molar-refractivity contribution >= 4 is 0 Å². The molecule has 1 saturated carbocycles. The first-order valence-electron chi connectivity index (χ1n) is 12.0. The Balaban J connectivity index is 1.38. The Labute approximate surface area is 181 Å². The number of benzene rings is 1. The van der Waals surface area contributed by atoms with E-state index in [1.165, 1.54) is 57.4 Å². The molecule has 1 aromatic carbocycles. The molecule has 0 spiro atoms. The van der Waals surface area contributed by atoms with Crippen molar-refractivity contribution in [3.63, 3.8) is 0 Å². The van der Waals surface area contributed by atoms with Crippen molar-refractivity contribution in [3.8, 4) is 5.75 Å². The molecule has 1 saturated heterocycles. The first-order chi connectivity index (χ1) is 14.6. The summed E-state index contributed by atoms with van der Waals surface area (Å²) < 4.78 is 39.5. The summed E-state index contributed by atoms with van der Waals surface area (Å²) in [6.07, 6.45) is 16.2. The van der Waals surface area contributed by atoms with Crippen LogP contribution in [0.1, 0.15) is 77.2 Å². The van der Waals surface area contributed by atoms with Gasteiger partial charge in [0.1, 0.15) is 0 Å². The monoisotopic (exact) mass is 420 g/mol. The zero-order valence-corrected chi connectivity index (χ0v) is 18.7. The molecule has 4 heteroatoms. The first kappa shape index (κ1) is 23.2. The van der Waals surface area contributed by atoms with Crippen molar-refractivity contribution in [2.24, 2.45) is 17.8 Å². The molecule has 0 N–H and O–H groups in total. The Morgan fingerprint density at radius 1 is 1.03 bits per heavy atom. The lowest BCUT2D eigenvalue weighted by Gasteiger charge is -2.37. The molecule has 2 atom stereocenters. The summed E-state index contributed by atoms with van der Waals surface area (Å²) in [6.45, 7) is 5.30. The van der Waals surface area contributed by atoms with Gasteiger partial charge in [0.2, 0.25) is 5.82 Å². The summed E-state index contributed by atoms with van der Waals surface area (Å²) in [5.41, 5.74) is 0.417. The van der Waals surface area contributed by atoms with Crippen LogP contribution in [0, 0.1) is 29.4 Å². The van der Waals surface area contributed by atoms with Crippen LogP contribution in [0.4, 0.5) is 8.78 Å². The Kier molecular flexibility index (Phi) is 9.17. The number of ether oxygens (including phenoxy) is 2. The predicted molar refractivity (Wildman–Crippen MR) is 118 cm³/mol. The fraction of sp³-hybridized carbons (Fsp3) is 0.692. The maximum Gasteiger partial charge on any atom is 0.200 e. The van der Waals surface area contributed by atoms with E-state index in [1.807, 2.05) is 0 Å². The molecular weight excluding hydrogens is 382 g/mol. The smallest absolute Gasteiger partial charge is 0.200 e. The van der Waals surface area contributed by atoms with Gasteiger partial charge in [0.15, 0.2) is 11.6 Å². The minimum absolute atomic E-state index is 0.00567. The van der Waals surface area contributed by atoms with Gasteiger partial charge < -0.3 is 9.47 Å². The maximum atomic E-state index is 14.2. The number of aryl methyl sites for hydroxylation is 1. The van der Waals surface area contributed by atoms with E-state index >= 15 is 0 Å². The summed E-state index contributed by atoms with van der Waals surface area (Å²) in [4.78, 5) is 0. The standard InChI is InChI=1S/C26H38F2O2/c1-3-7-20-12-16-23(30-18-20)21-13-10-19(11-14-21)8-5-6-9-22-15-17-24(29-4-2)26(28)25(22)27/h5,8,15,17,19-21,23H,3-4,6-7,9-14,16,18H2,1-2H3/b8-5+. The molecule has 3 rings (SSSR count). The SMILES string of the molecule is CCCC1CCC(C2CCC(/C=C/CCc3ccc(OCC)c(F)c3F)CC2)OC1. The molecule has 1 aliphatic heterocycles. The van der Waals surface area contributed by atoms with Gasteiger partial charge in [-0.3, -0.25) is 0 Å². The van der Waals surface area contributed by atoms with Crippen LogP contribution in [-0.4, -0.2) is 19.3 Å². The van der Waals surface area contributed by atoms with Crippen LogP contribution in [0.2, 0.25) is 0 Å². The second-order valence-electron chi connectivity index (χ2n) is 9.03. The predicted octanol–water partition coefficient (Wildman–Crippen LogP) is 7.25. The summed E-state index contributed by atoms with van der Waals surface area (Å²) in [6, 6.07) is 3.16. The van der Waals surface area contributed by atoms with E-state index < -0.39 is 11.6 Å². The zero-order chi connectivity index (χ0) is 21.3. The average molecular weight is 421 g/mol. The van der Waals surface area contributed by atoms with E-state index in [1.54, 1.807) is 13.0 Å². The lowest BCUT2D eigenvalue weighted by Crippen LogP contribution is -2.34. The number of halogens is 2. The molecule has 168 valence electrons. The molecule has 0 amide bonds. The van der Waals surface area contributed by atoms with E-state index in [4.69, 9.17) is 9.47 Å². The van der Waals surface area contributed by atoms with Gasteiger partial charge in [-0.25, -0.2) is 4.39 Å². The summed E-state index contributed by atoms with van der Waals surface area (Å²) in [7, 11) is 0. The van der Waals surface area contributed by atoms with Crippen LogP contribution in [0.3, 0.4) is 0 Å². The van der Waals surface area contributed by atoms with Gasteiger partial charge in [-0.15, -0.1) is 0 Å². The molecule has 2 unspecified atom stereocenters. The highest BCUT2D eigenvalue weighted by Gasteiger charge is 2.30. The van der Waals surface area contributed by atoms with E-state index in [0.717, 1.165) is 24.9 Å². The summed E-state index contributed by atoms with van der Waals surface area (Å²) in [5.74, 6) is 0.456. The lowest BCUT2D eigenvalue weighted by atomic mass is 9.77. The van der Waals surface area contributed by atoms with Crippen molar-refractivity contribution < 1.29 is 18.3 Å². The van der Waals surface area contributed by atoms with Gasteiger partial charge in [0.25, 0.3) is 0 Å². The lowest BCUT2D eigenvalue weighted by molar-refractivity contribution is -0.0582. The molecule has 0 aromatic heterocycles. The van der Waals surface area contributed by atoms with Crippen LogP contribution in [0.5, 0.6) is 5.75 Å². The molecular formula is C26H38F2O2. The fourth-order valence-electron chi connectivity index (χ4n) is 5.10. The van der Waals surface area contributed by atoms with Crippen molar-refractivity contribution in [1.82, 2.24) is 0 Å². The average Bonchev–Trinajstić information content (AvgIpc) is 2.77. The molecule has 1 aromatic rings. The van der Waals surface area contributed by atoms with Crippen LogP contribution in [-0.2, 0) is 11.2 Å². The second kappa shape index (κ2) is 11.8. The molecule has 0 bridgehead atoms. The van der Waals surface area contributed by atoms with Crippen LogP contribution >= 0.6 is 0 Å². The quantitative estimate of drug-likeness (QED) is 0.392. The number of hydrogen-bond donors (Lipinski definition) is 0. The number of allylic oxidation sites excluding steroid dienone is 2. The number of hydrogen-bond acceptors (Lipinski definition) is 2. The molecule has 2 nitrogen and oxygen atoms in total. The number of rotatable bonds is 9. The van der Waals surface area contributed by atoms with E-state index in [-0.39, 0.29) is 5.75 Å². The molecule has 1 heterocycles. The normalized spacial score (nSPS) is 27.5. The molecule has 2 aliphatic rings. The topological polar surface area (TPSA) is 18.5 Å². The Morgan fingerprint density at radius 3 is 2.50 bits per heavy atom. The van der Waals surface area contributed by atoms with Crippen molar-refractivity contribution in [1.29, 1.82) is 0 Å². The van der Waals surface area contributed by atoms with E-state index in [0.29, 0.717) is 30.6 Å². The van der Waals surface area contributed by atoms with Crippen LogP contribution < -0.4 is 4.74 Å². The Bertz CT molecular complexity index is 672. The zero-order valence-electron chi connectivity index (χ0n) is 18.7. The second-order valence-corrected chi connectivity index (χ2v) is 9.03. The fourth-order valence-corrected chi connectivity index (χ4v) is 5.10. The third kappa shape index (κ3) is 6.29. The van der Waals surface area contributed by atoms with Gasteiger partial charge in [-0.05, 0) is 94.1 Å². The summed E-state index contributed by atoms with van der Waals surface area (Å²) in [5, 5.41) is 0. The third-order valence-electron chi connectivity index (χ3n) is 6.86. The Morgan fingerprint density at radius 2 is 1.83 bits per heavy atom. The highest BCUT2D eigenvalue weighted by molar-refractivity contribution is 5.31. The minimum Gasteiger partial charge on any atom is -0.491 e. The van der Waals surface area contributed by atoms with Crippen LogP contribution in [0.25, 0.3) is 0 Å². The highest BCUT2D eigenvalue weighted by atomic mass is 19.2. The van der Waals surface area contributed by atoms with Gasteiger partial charge in [-0.2, -0.15) is 4.39 Å². The molecule has 0 radical (unpaired) electrons. The molecule has 2 fully saturated rings.